The largest absolute Gasteiger partial charge is 0.370 e. The highest BCUT2D eigenvalue weighted by Crippen LogP contribution is 2.29. The highest BCUT2D eigenvalue weighted by atomic mass is 35.5. The Balaban J connectivity index is 1.56. The number of carbonyl (C=O) groups excluding carboxylic acids is 2. The number of hydrogen-bond acceptors (Lipinski definition) is 3. The smallest absolute Gasteiger partial charge is 0.257 e. The van der Waals surface area contributed by atoms with E-state index >= 15 is 0 Å². The molecule has 2 aromatic carbocycles. The Morgan fingerprint density at radius 3 is 2.79 bits per heavy atom. The lowest BCUT2D eigenvalue weighted by Crippen LogP contribution is -2.42. The van der Waals surface area contributed by atoms with Gasteiger partial charge in [0.15, 0.2) is 0 Å². The van der Waals surface area contributed by atoms with Gasteiger partial charge in [-0.25, -0.2) is 8.78 Å². The predicted molar refractivity (Wildman–Crippen MR) is 99.4 cm³/mol. The van der Waals surface area contributed by atoms with Crippen molar-refractivity contribution < 1.29 is 23.1 Å². The fourth-order valence-corrected chi connectivity index (χ4v) is 3.67. The second kappa shape index (κ2) is 7.48. The van der Waals surface area contributed by atoms with Crippen LogP contribution >= 0.6 is 11.6 Å². The fourth-order valence-electron chi connectivity index (χ4n) is 3.48. The lowest BCUT2D eigenvalue weighted by Gasteiger charge is -2.33. The predicted octanol–water partition coefficient (Wildman–Crippen LogP) is 3.72. The van der Waals surface area contributed by atoms with Crippen LogP contribution in [0.5, 0.6) is 0 Å². The maximum Gasteiger partial charge on any atom is 0.257 e. The van der Waals surface area contributed by atoms with Crippen molar-refractivity contribution in [1.29, 1.82) is 0 Å². The molecule has 1 atom stereocenters. The summed E-state index contributed by atoms with van der Waals surface area (Å²) in [5.41, 5.74) is 1.76. The van der Waals surface area contributed by atoms with E-state index in [4.69, 9.17) is 16.3 Å². The molecule has 0 bridgehead atoms. The zero-order chi connectivity index (χ0) is 19.8. The van der Waals surface area contributed by atoms with E-state index in [0.29, 0.717) is 30.6 Å². The van der Waals surface area contributed by atoms with Gasteiger partial charge in [0, 0.05) is 18.7 Å². The van der Waals surface area contributed by atoms with Crippen LogP contribution < -0.4 is 5.32 Å². The molecular formula is C20H17ClF2N2O3. The van der Waals surface area contributed by atoms with Crippen molar-refractivity contribution in [3.05, 3.63) is 63.7 Å². The summed E-state index contributed by atoms with van der Waals surface area (Å²) in [6.45, 7) is 0.791. The Kier molecular flexibility index (Phi) is 5.03. The van der Waals surface area contributed by atoms with Crippen LogP contribution in [-0.4, -0.2) is 36.4 Å². The molecule has 0 aliphatic carbocycles. The highest BCUT2D eigenvalue weighted by Gasteiger charge is 2.29. The number of anilines is 1. The van der Waals surface area contributed by atoms with Crippen molar-refractivity contribution in [2.24, 2.45) is 0 Å². The molecular weight excluding hydrogens is 390 g/mol. The molecule has 2 heterocycles. The first-order valence-electron chi connectivity index (χ1n) is 8.90. The summed E-state index contributed by atoms with van der Waals surface area (Å²) in [5, 5.41) is 2.60. The number of fused-ring (bicyclic) bond motifs is 1. The van der Waals surface area contributed by atoms with E-state index in [2.05, 4.69) is 5.32 Å². The van der Waals surface area contributed by atoms with Crippen molar-refractivity contribution in [2.45, 2.75) is 18.9 Å². The number of ether oxygens (including phenoxy) is 1. The van der Waals surface area contributed by atoms with E-state index in [1.807, 2.05) is 0 Å². The third-order valence-corrected chi connectivity index (χ3v) is 5.28. The standard InChI is InChI=1S/C20H17ClF2N2O3/c21-14-8-12(1-3-15(14)22)18-10-25(5-6-28-18)20(27)13-7-11-2-4-19(26)24-17(11)9-16(13)23/h1,3,7-9,18H,2,4-6,10H2,(H,24,26). The maximum absolute atomic E-state index is 14.5. The summed E-state index contributed by atoms with van der Waals surface area (Å²) in [5.74, 6) is -1.82. The van der Waals surface area contributed by atoms with E-state index < -0.39 is 23.6 Å². The Labute approximate surface area is 165 Å². The number of nitrogens with one attached hydrogen (secondary N) is 1. The lowest BCUT2D eigenvalue weighted by atomic mass is 9.99. The average Bonchev–Trinajstić information content (AvgIpc) is 2.69. The molecule has 8 heteroatoms. The molecule has 1 saturated heterocycles. The van der Waals surface area contributed by atoms with Crippen molar-refractivity contribution in [3.63, 3.8) is 0 Å². The van der Waals surface area contributed by atoms with Gasteiger partial charge in [-0.05, 0) is 41.8 Å². The normalized spacial score (nSPS) is 19.2. The van der Waals surface area contributed by atoms with Gasteiger partial charge in [0.25, 0.3) is 5.91 Å². The molecule has 1 unspecified atom stereocenters. The van der Waals surface area contributed by atoms with Crippen LogP contribution in [0, 0.1) is 11.6 Å². The summed E-state index contributed by atoms with van der Waals surface area (Å²) in [4.78, 5) is 25.9. The van der Waals surface area contributed by atoms with Crippen LogP contribution in [0.3, 0.4) is 0 Å². The first kappa shape index (κ1) is 18.8. The van der Waals surface area contributed by atoms with E-state index in [9.17, 15) is 18.4 Å². The van der Waals surface area contributed by atoms with E-state index in [-0.39, 0.29) is 29.6 Å². The number of nitrogens with zero attached hydrogens (tertiary/aromatic N) is 1. The van der Waals surface area contributed by atoms with E-state index in [0.717, 1.165) is 5.56 Å². The fraction of sp³-hybridized carbons (Fsp3) is 0.300. The zero-order valence-corrected chi connectivity index (χ0v) is 15.6. The number of amides is 2. The van der Waals surface area contributed by atoms with E-state index in [1.54, 1.807) is 6.07 Å². The summed E-state index contributed by atoms with van der Waals surface area (Å²) >= 11 is 5.84. The number of carbonyl (C=O) groups is 2. The molecule has 146 valence electrons. The molecule has 0 saturated carbocycles. The van der Waals surface area contributed by atoms with Crippen molar-refractivity contribution in [1.82, 2.24) is 4.90 Å². The zero-order valence-electron chi connectivity index (χ0n) is 14.8. The van der Waals surface area contributed by atoms with E-state index in [1.165, 1.54) is 29.2 Å². The Hall–Kier alpha value is -2.51. The lowest BCUT2D eigenvalue weighted by molar-refractivity contribution is -0.116. The van der Waals surface area contributed by atoms with Crippen LogP contribution in [-0.2, 0) is 16.0 Å². The molecule has 0 aromatic heterocycles. The van der Waals surface area contributed by atoms with Gasteiger partial charge in [-0.2, -0.15) is 0 Å². The van der Waals surface area contributed by atoms with Crippen molar-refractivity contribution in [2.75, 3.05) is 25.0 Å². The molecule has 2 aliphatic rings. The van der Waals surface area contributed by atoms with Crippen LogP contribution in [0.2, 0.25) is 5.02 Å². The molecule has 1 N–H and O–H groups in total. The third-order valence-electron chi connectivity index (χ3n) is 4.99. The van der Waals surface area contributed by atoms with Crippen LogP contribution in [0.1, 0.15) is 34.0 Å². The Morgan fingerprint density at radius 1 is 1.18 bits per heavy atom. The Morgan fingerprint density at radius 2 is 2.00 bits per heavy atom. The topological polar surface area (TPSA) is 58.6 Å². The Bertz CT molecular complexity index is 967. The SMILES string of the molecule is O=C1CCc2cc(C(=O)N3CCOC(c4ccc(F)c(Cl)c4)C3)c(F)cc2N1. The minimum Gasteiger partial charge on any atom is -0.370 e. The molecule has 28 heavy (non-hydrogen) atoms. The van der Waals surface area contributed by atoms with Gasteiger partial charge in [0.1, 0.15) is 17.7 Å². The first-order chi connectivity index (χ1) is 13.4. The molecule has 0 spiro atoms. The van der Waals surface area contributed by atoms with Gasteiger partial charge in [-0.1, -0.05) is 17.7 Å². The van der Waals surface area contributed by atoms with Gasteiger partial charge in [-0.15, -0.1) is 0 Å². The van der Waals surface area contributed by atoms with Gasteiger partial charge < -0.3 is 15.0 Å². The molecule has 1 fully saturated rings. The maximum atomic E-state index is 14.5. The second-order valence-electron chi connectivity index (χ2n) is 6.82. The summed E-state index contributed by atoms with van der Waals surface area (Å²) in [7, 11) is 0. The second-order valence-corrected chi connectivity index (χ2v) is 7.23. The first-order valence-corrected chi connectivity index (χ1v) is 9.28. The highest BCUT2D eigenvalue weighted by molar-refractivity contribution is 6.30. The van der Waals surface area contributed by atoms with Gasteiger partial charge >= 0.3 is 0 Å². The molecule has 0 radical (unpaired) electrons. The van der Waals surface area contributed by atoms with Gasteiger partial charge in [0.2, 0.25) is 5.91 Å². The summed E-state index contributed by atoms with van der Waals surface area (Å²) < 4.78 is 33.6. The summed E-state index contributed by atoms with van der Waals surface area (Å²) in [6.07, 6.45) is 0.287. The number of benzene rings is 2. The van der Waals surface area contributed by atoms with Crippen LogP contribution in [0.25, 0.3) is 0 Å². The summed E-state index contributed by atoms with van der Waals surface area (Å²) in [6, 6.07) is 6.97. The monoisotopic (exact) mass is 406 g/mol. The van der Waals surface area contributed by atoms with Gasteiger partial charge in [-0.3, -0.25) is 9.59 Å². The molecule has 2 amide bonds. The molecule has 2 aliphatic heterocycles. The van der Waals surface area contributed by atoms with Crippen LogP contribution in [0.4, 0.5) is 14.5 Å². The number of halogens is 3. The number of aryl methyl sites for hydroxylation is 1. The average molecular weight is 407 g/mol. The quantitative estimate of drug-likeness (QED) is 0.827. The van der Waals surface area contributed by atoms with Crippen molar-refractivity contribution >= 4 is 29.1 Å². The number of rotatable bonds is 2. The number of morpholine rings is 1. The molecule has 4 rings (SSSR count). The minimum absolute atomic E-state index is 0.0210. The molecule has 2 aromatic rings. The van der Waals surface area contributed by atoms with Crippen LogP contribution in [0.15, 0.2) is 30.3 Å². The third kappa shape index (κ3) is 3.59. The number of hydrogen-bond donors (Lipinski definition) is 1. The van der Waals surface area contributed by atoms with Gasteiger partial charge in [0.05, 0.1) is 23.7 Å². The minimum atomic E-state index is -0.682. The van der Waals surface area contributed by atoms with Crippen molar-refractivity contribution in [3.8, 4) is 0 Å². The molecule has 5 nitrogen and oxygen atoms in total.